The minimum atomic E-state index is -4.75. The predicted octanol–water partition coefficient (Wildman–Crippen LogP) is 6.65. The number of rotatable bonds is 7. The molecule has 2 aromatic carbocycles. The number of hydrogen-bond acceptors (Lipinski definition) is 5. The first-order chi connectivity index (χ1) is 16.9. The number of alkyl halides is 3. The number of amides is 1. The monoisotopic (exact) mass is 504 g/mol. The highest BCUT2D eigenvalue weighted by Crippen LogP contribution is 2.46. The van der Waals surface area contributed by atoms with Crippen molar-refractivity contribution in [3.63, 3.8) is 0 Å². The number of carbonyl (C=O) groups is 1. The van der Waals surface area contributed by atoms with Gasteiger partial charge in [-0.3, -0.25) is 4.79 Å². The van der Waals surface area contributed by atoms with Crippen LogP contribution >= 0.6 is 0 Å². The molecule has 0 aliphatic heterocycles. The number of aromatic nitrogens is 2. The average Bonchev–Trinajstić information content (AvgIpc) is 3.10. The molecular weight excluding hydrogens is 473 g/mol. The molecule has 4 rings (SSSR count). The molecule has 1 aliphatic carbocycles. The van der Waals surface area contributed by atoms with Gasteiger partial charge in [-0.2, -0.15) is 0 Å². The maximum Gasteiger partial charge on any atom is 0.573 e. The van der Waals surface area contributed by atoms with Crippen molar-refractivity contribution in [1.29, 1.82) is 0 Å². The number of anilines is 3. The molecule has 0 radical (unpaired) electrons. The van der Waals surface area contributed by atoms with E-state index in [1.807, 2.05) is 18.2 Å². The summed E-state index contributed by atoms with van der Waals surface area (Å²) in [6.07, 6.45) is -1.67. The van der Waals surface area contributed by atoms with E-state index in [9.17, 15) is 18.0 Å². The molecule has 1 aromatic heterocycles. The minimum absolute atomic E-state index is 0.0532. The van der Waals surface area contributed by atoms with E-state index in [4.69, 9.17) is 9.72 Å². The topological polar surface area (TPSA) is 77.4 Å². The molecule has 3 aromatic rings. The third-order valence-corrected chi connectivity index (χ3v) is 6.32. The van der Waals surface area contributed by atoms with Crippen LogP contribution in [0.5, 0.6) is 5.75 Å². The van der Waals surface area contributed by atoms with Crippen molar-refractivity contribution < 1.29 is 27.4 Å². The molecule has 10 heteroatoms. The Morgan fingerprint density at radius 3 is 2.47 bits per heavy atom. The standard InChI is InChI=1S/C26H31F3N4O3/c1-16-11-19(14-25(2,3)13-16)33-22-10-7-18(30-23(34)15-35-4)12-21(22)32-24(33)31-17-5-8-20(9-6-17)36-26(27,28)29/h5-10,12,16,19H,11,13-15H2,1-4H3,(H,30,34)(H,31,32). The summed E-state index contributed by atoms with van der Waals surface area (Å²) in [5.74, 6) is 0.555. The molecule has 2 unspecified atom stereocenters. The fourth-order valence-corrected chi connectivity index (χ4v) is 5.32. The number of nitrogens with one attached hydrogen (secondary N) is 2. The van der Waals surface area contributed by atoms with E-state index in [-0.39, 0.29) is 29.7 Å². The number of nitrogens with zero attached hydrogens (tertiary/aromatic N) is 2. The van der Waals surface area contributed by atoms with Gasteiger partial charge < -0.3 is 24.7 Å². The normalized spacial score (nSPS) is 19.8. The van der Waals surface area contributed by atoms with Crippen LogP contribution < -0.4 is 15.4 Å². The number of methoxy groups -OCH3 is 1. The molecule has 1 aliphatic rings. The van der Waals surface area contributed by atoms with Gasteiger partial charge in [0.2, 0.25) is 11.9 Å². The summed E-state index contributed by atoms with van der Waals surface area (Å²) < 4.78 is 48.6. The molecule has 1 amide bonds. The number of benzene rings is 2. The Morgan fingerprint density at radius 1 is 1.14 bits per heavy atom. The van der Waals surface area contributed by atoms with Gasteiger partial charge in [0.1, 0.15) is 12.4 Å². The van der Waals surface area contributed by atoms with Crippen LogP contribution in [0.2, 0.25) is 0 Å². The average molecular weight is 505 g/mol. The smallest absolute Gasteiger partial charge is 0.406 e. The summed E-state index contributed by atoms with van der Waals surface area (Å²) in [6, 6.07) is 11.3. The van der Waals surface area contributed by atoms with Crippen LogP contribution in [0, 0.1) is 11.3 Å². The van der Waals surface area contributed by atoms with Gasteiger partial charge in [-0.05, 0) is 73.1 Å². The number of halogens is 3. The van der Waals surface area contributed by atoms with Crippen molar-refractivity contribution in [2.75, 3.05) is 24.4 Å². The largest absolute Gasteiger partial charge is 0.573 e. The Kier molecular flexibility index (Phi) is 7.17. The summed E-state index contributed by atoms with van der Waals surface area (Å²) in [5, 5.41) is 6.08. The molecule has 7 nitrogen and oxygen atoms in total. The molecule has 1 saturated carbocycles. The predicted molar refractivity (Wildman–Crippen MR) is 132 cm³/mol. The van der Waals surface area contributed by atoms with Gasteiger partial charge in [0, 0.05) is 24.5 Å². The van der Waals surface area contributed by atoms with Crippen molar-refractivity contribution in [2.45, 2.75) is 52.4 Å². The molecule has 2 N–H and O–H groups in total. The van der Waals surface area contributed by atoms with Gasteiger partial charge in [-0.1, -0.05) is 20.8 Å². The SMILES string of the molecule is COCC(=O)Nc1ccc2c(c1)nc(Nc1ccc(OC(F)(F)F)cc1)n2C1CC(C)CC(C)(C)C1. The summed E-state index contributed by atoms with van der Waals surface area (Å²) in [6.45, 7) is 6.74. The molecular formula is C26H31F3N4O3. The van der Waals surface area contributed by atoms with Gasteiger partial charge in [0.05, 0.1) is 11.0 Å². The zero-order valence-electron chi connectivity index (χ0n) is 20.8. The Morgan fingerprint density at radius 2 is 1.83 bits per heavy atom. The van der Waals surface area contributed by atoms with Gasteiger partial charge in [0.15, 0.2) is 0 Å². The Hall–Kier alpha value is -3.27. The molecule has 194 valence electrons. The van der Waals surface area contributed by atoms with Gasteiger partial charge in [0.25, 0.3) is 0 Å². The van der Waals surface area contributed by atoms with Crippen LogP contribution in [0.4, 0.5) is 30.5 Å². The number of imidazole rings is 1. The second-order valence-corrected chi connectivity index (χ2v) is 10.3. The fourth-order valence-electron chi connectivity index (χ4n) is 5.32. The second kappa shape index (κ2) is 10.0. The zero-order valence-corrected chi connectivity index (χ0v) is 20.8. The number of hydrogen-bond donors (Lipinski definition) is 2. The Labute approximate surface area is 208 Å². The van der Waals surface area contributed by atoms with E-state index in [0.29, 0.717) is 28.8 Å². The highest BCUT2D eigenvalue weighted by Gasteiger charge is 2.35. The lowest BCUT2D eigenvalue weighted by molar-refractivity contribution is -0.274. The van der Waals surface area contributed by atoms with E-state index >= 15 is 0 Å². The molecule has 1 fully saturated rings. The van der Waals surface area contributed by atoms with Crippen LogP contribution in [0.15, 0.2) is 42.5 Å². The van der Waals surface area contributed by atoms with Crippen molar-refractivity contribution in [3.05, 3.63) is 42.5 Å². The van der Waals surface area contributed by atoms with Crippen LogP contribution in [-0.2, 0) is 9.53 Å². The fraction of sp³-hybridized carbons (Fsp3) is 0.462. The summed E-state index contributed by atoms with van der Waals surface area (Å²) in [5.41, 5.74) is 2.94. The van der Waals surface area contributed by atoms with Gasteiger partial charge >= 0.3 is 6.36 Å². The quantitative estimate of drug-likeness (QED) is 0.377. The third-order valence-electron chi connectivity index (χ3n) is 6.32. The zero-order chi connectivity index (χ0) is 26.1. The lowest BCUT2D eigenvalue weighted by Gasteiger charge is -2.40. The molecule has 36 heavy (non-hydrogen) atoms. The third kappa shape index (κ3) is 6.29. The molecule has 1 heterocycles. The van der Waals surface area contributed by atoms with Crippen molar-refractivity contribution in [3.8, 4) is 5.75 Å². The molecule has 2 atom stereocenters. The Bertz CT molecular complexity index is 1220. The first-order valence-electron chi connectivity index (χ1n) is 11.9. The number of carbonyl (C=O) groups excluding carboxylic acids is 1. The van der Waals surface area contributed by atoms with Gasteiger partial charge in [-0.25, -0.2) is 4.98 Å². The van der Waals surface area contributed by atoms with E-state index < -0.39 is 6.36 Å². The lowest BCUT2D eigenvalue weighted by Crippen LogP contribution is -2.29. The maximum atomic E-state index is 12.5. The summed E-state index contributed by atoms with van der Waals surface area (Å²) in [7, 11) is 1.46. The van der Waals surface area contributed by atoms with Gasteiger partial charge in [-0.15, -0.1) is 13.2 Å². The van der Waals surface area contributed by atoms with Crippen molar-refractivity contribution in [1.82, 2.24) is 9.55 Å². The summed E-state index contributed by atoms with van der Waals surface area (Å²) >= 11 is 0. The van der Waals surface area contributed by atoms with E-state index in [1.165, 1.54) is 31.4 Å². The van der Waals surface area contributed by atoms with E-state index in [2.05, 4.69) is 40.7 Å². The van der Waals surface area contributed by atoms with Crippen molar-refractivity contribution >= 4 is 34.3 Å². The molecule has 0 bridgehead atoms. The van der Waals surface area contributed by atoms with Crippen molar-refractivity contribution in [2.24, 2.45) is 11.3 Å². The Balaban J connectivity index is 1.70. The maximum absolute atomic E-state index is 12.5. The van der Waals surface area contributed by atoms with E-state index in [0.717, 1.165) is 24.8 Å². The van der Waals surface area contributed by atoms with Crippen LogP contribution in [0.3, 0.4) is 0 Å². The molecule has 0 saturated heterocycles. The lowest BCUT2D eigenvalue weighted by atomic mass is 9.70. The van der Waals surface area contributed by atoms with Crippen LogP contribution in [0.1, 0.15) is 46.1 Å². The first kappa shape index (κ1) is 25.8. The van der Waals surface area contributed by atoms with Crippen LogP contribution in [-0.4, -0.2) is 35.5 Å². The first-order valence-corrected chi connectivity index (χ1v) is 11.9. The highest BCUT2D eigenvalue weighted by molar-refractivity contribution is 5.94. The number of fused-ring (bicyclic) bond motifs is 1. The molecule has 0 spiro atoms. The highest BCUT2D eigenvalue weighted by atomic mass is 19.4. The number of ether oxygens (including phenoxy) is 2. The summed E-state index contributed by atoms with van der Waals surface area (Å²) in [4.78, 5) is 16.8. The minimum Gasteiger partial charge on any atom is -0.406 e. The van der Waals surface area contributed by atoms with E-state index in [1.54, 1.807) is 0 Å². The van der Waals surface area contributed by atoms with Crippen LogP contribution in [0.25, 0.3) is 11.0 Å². The second-order valence-electron chi connectivity index (χ2n) is 10.3.